The zero-order valence-corrected chi connectivity index (χ0v) is 7.87. The fourth-order valence-electron chi connectivity index (χ4n) is 1.25. The molecule has 0 fully saturated rings. The second-order valence-electron chi connectivity index (χ2n) is 2.94. The standard InChI is InChI=1S/C11H12NO/c1-8(2)9-5-4-6-11(13-3)10(9)7-12/h4-6,8H,1H2,2-3H3. The lowest BCUT2D eigenvalue weighted by Crippen LogP contribution is -1.96. The van der Waals surface area contributed by atoms with Gasteiger partial charge in [-0.3, -0.25) is 0 Å². The third-order valence-electron chi connectivity index (χ3n) is 1.92. The normalized spacial score (nSPS) is 9.77. The Labute approximate surface area is 78.8 Å². The van der Waals surface area contributed by atoms with Crippen LogP contribution in [0.5, 0.6) is 5.75 Å². The predicted molar refractivity (Wildman–Crippen MR) is 51.5 cm³/mol. The highest BCUT2D eigenvalue weighted by Gasteiger charge is 2.10. The first-order valence-corrected chi connectivity index (χ1v) is 4.10. The zero-order chi connectivity index (χ0) is 9.84. The van der Waals surface area contributed by atoms with Gasteiger partial charge in [-0.25, -0.2) is 0 Å². The molecular weight excluding hydrogens is 162 g/mol. The van der Waals surface area contributed by atoms with Crippen molar-refractivity contribution in [3.05, 3.63) is 36.2 Å². The molecule has 0 aromatic heterocycles. The predicted octanol–water partition coefficient (Wildman–Crippen LogP) is 2.50. The molecule has 1 aromatic rings. The van der Waals surface area contributed by atoms with Crippen LogP contribution in [0.3, 0.4) is 0 Å². The van der Waals surface area contributed by atoms with Crippen molar-refractivity contribution in [2.75, 3.05) is 7.11 Å². The molecular formula is C11H12NO. The van der Waals surface area contributed by atoms with Gasteiger partial charge in [0, 0.05) is 0 Å². The minimum absolute atomic E-state index is 0.102. The van der Waals surface area contributed by atoms with E-state index < -0.39 is 0 Å². The van der Waals surface area contributed by atoms with Gasteiger partial charge in [-0.1, -0.05) is 19.1 Å². The molecule has 0 N–H and O–H groups in total. The summed E-state index contributed by atoms with van der Waals surface area (Å²) in [6, 6.07) is 7.69. The largest absolute Gasteiger partial charge is 0.495 e. The van der Waals surface area contributed by atoms with Crippen molar-refractivity contribution in [2.24, 2.45) is 0 Å². The van der Waals surface area contributed by atoms with Crippen LogP contribution >= 0.6 is 0 Å². The van der Waals surface area contributed by atoms with Gasteiger partial charge in [-0.15, -0.1) is 0 Å². The van der Waals surface area contributed by atoms with E-state index in [0.29, 0.717) is 11.3 Å². The van der Waals surface area contributed by atoms with E-state index in [1.165, 1.54) is 0 Å². The molecule has 0 aliphatic carbocycles. The van der Waals surface area contributed by atoms with E-state index in [1.807, 2.05) is 19.1 Å². The van der Waals surface area contributed by atoms with Crippen LogP contribution in [-0.4, -0.2) is 7.11 Å². The summed E-state index contributed by atoms with van der Waals surface area (Å²) < 4.78 is 5.08. The van der Waals surface area contributed by atoms with Gasteiger partial charge in [0.25, 0.3) is 0 Å². The van der Waals surface area contributed by atoms with Crippen LogP contribution in [0, 0.1) is 18.3 Å². The van der Waals surface area contributed by atoms with Crippen molar-refractivity contribution < 1.29 is 4.74 Å². The van der Waals surface area contributed by atoms with Crippen LogP contribution in [0.2, 0.25) is 0 Å². The molecule has 1 rings (SSSR count). The fourth-order valence-corrected chi connectivity index (χ4v) is 1.25. The van der Waals surface area contributed by atoms with Crippen molar-refractivity contribution >= 4 is 0 Å². The van der Waals surface area contributed by atoms with Gasteiger partial charge in [0.05, 0.1) is 12.7 Å². The van der Waals surface area contributed by atoms with Crippen LogP contribution < -0.4 is 4.74 Å². The topological polar surface area (TPSA) is 33.0 Å². The molecule has 0 spiro atoms. The number of hydrogen-bond acceptors (Lipinski definition) is 2. The van der Waals surface area contributed by atoms with Gasteiger partial charge in [0.15, 0.2) is 0 Å². The van der Waals surface area contributed by atoms with E-state index in [-0.39, 0.29) is 5.92 Å². The number of ether oxygens (including phenoxy) is 1. The molecule has 13 heavy (non-hydrogen) atoms. The lowest BCUT2D eigenvalue weighted by Gasteiger charge is -2.10. The van der Waals surface area contributed by atoms with Gasteiger partial charge in [0.1, 0.15) is 11.8 Å². The number of hydrogen-bond donors (Lipinski definition) is 0. The minimum atomic E-state index is 0.102. The van der Waals surface area contributed by atoms with Crippen LogP contribution in [0.25, 0.3) is 0 Å². The number of nitrogens with zero attached hydrogens (tertiary/aromatic N) is 1. The number of nitriles is 1. The molecule has 2 heteroatoms. The third kappa shape index (κ3) is 1.81. The zero-order valence-electron chi connectivity index (χ0n) is 7.87. The van der Waals surface area contributed by atoms with E-state index in [0.717, 1.165) is 5.56 Å². The first-order valence-electron chi connectivity index (χ1n) is 4.10. The molecule has 0 heterocycles. The monoisotopic (exact) mass is 174 g/mol. The van der Waals surface area contributed by atoms with E-state index >= 15 is 0 Å². The molecule has 1 radical (unpaired) electrons. The molecule has 2 nitrogen and oxygen atoms in total. The molecule has 67 valence electrons. The van der Waals surface area contributed by atoms with Gasteiger partial charge in [-0.05, 0) is 24.5 Å². The molecule has 0 aliphatic rings. The SMILES string of the molecule is [CH2]C(C)c1cccc(OC)c1C#N. The Hall–Kier alpha value is -1.49. The first kappa shape index (κ1) is 9.60. The molecule has 0 aliphatic heterocycles. The van der Waals surface area contributed by atoms with Crippen molar-refractivity contribution in [3.8, 4) is 11.8 Å². The molecule has 1 aromatic carbocycles. The Morgan fingerprint density at radius 3 is 2.69 bits per heavy atom. The highest BCUT2D eigenvalue weighted by atomic mass is 16.5. The highest BCUT2D eigenvalue weighted by molar-refractivity contribution is 5.50. The number of rotatable bonds is 2. The summed E-state index contributed by atoms with van der Waals surface area (Å²) >= 11 is 0. The van der Waals surface area contributed by atoms with Crippen LogP contribution in [0.1, 0.15) is 24.0 Å². The molecule has 0 saturated carbocycles. The van der Waals surface area contributed by atoms with E-state index in [4.69, 9.17) is 10.00 Å². The lowest BCUT2D eigenvalue weighted by molar-refractivity contribution is 0.412. The Morgan fingerprint density at radius 2 is 2.23 bits per heavy atom. The fraction of sp³-hybridized carbons (Fsp3) is 0.273. The maximum Gasteiger partial charge on any atom is 0.136 e. The molecule has 0 bridgehead atoms. The third-order valence-corrected chi connectivity index (χ3v) is 1.92. The lowest BCUT2D eigenvalue weighted by atomic mass is 9.97. The second kappa shape index (κ2) is 3.95. The Bertz CT molecular complexity index is 336. The number of methoxy groups -OCH3 is 1. The second-order valence-corrected chi connectivity index (χ2v) is 2.94. The van der Waals surface area contributed by atoms with E-state index in [2.05, 4.69) is 13.0 Å². The van der Waals surface area contributed by atoms with Gasteiger partial charge in [-0.2, -0.15) is 5.26 Å². The van der Waals surface area contributed by atoms with Crippen LogP contribution in [0.4, 0.5) is 0 Å². The summed E-state index contributed by atoms with van der Waals surface area (Å²) in [6.45, 7) is 5.84. The van der Waals surface area contributed by atoms with Gasteiger partial charge >= 0.3 is 0 Å². The maximum atomic E-state index is 8.92. The molecule has 0 saturated heterocycles. The summed E-state index contributed by atoms with van der Waals surface area (Å²) in [5, 5.41) is 8.92. The smallest absolute Gasteiger partial charge is 0.136 e. The summed E-state index contributed by atoms with van der Waals surface area (Å²) in [5.41, 5.74) is 1.52. The maximum absolute atomic E-state index is 8.92. The minimum Gasteiger partial charge on any atom is -0.495 e. The molecule has 1 unspecified atom stereocenters. The first-order chi connectivity index (χ1) is 6.20. The Morgan fingerprint density at radius 1 is 1.54 bits per heavy atom. The van der Waals surface area contributed by atoms with Crippen molar-refractivity contribution in [3.63, 3.8) is 0 Å². The quantitative estimate of drug-likeness (QED) is 0.690. The number of benzene rings is 1. The summed E-state index contributed by atoms with van der Waals surface area (Å²) in [4.78, 5) is 0. The van der Waals surface area contributed by atoms with E-state index in [1.54, 1.807) is 13.2 Å². The average Bonchev–Trinajstić information content (AvgIpc) is 2.16. The Kier molecular flexibility index (Phi) is 2.92. The van der Waals surface area contributed by atoms with Crippen molar-refractivity contribution in [2.45, 2.75) is 12.8 Å². The summed E-state index contributed by atoms with van der Waals surface area (Å²) in [6.07, 6.45) is 0. The van der Waals surface area contributed by atoms with Gasteiger partial charge < -0.3 is 4.74 Å². The average molecular weight is 174 g/mol. The highest BCUT2D eigenvalue weighted by Crippen LogP contribution is 2.26. The van der Waals surface area contributed by atoms with Gasteiger partial charge in [0.2, 0.25) is 0 Å². The summed E-state index contributed by atoms with van der Waals surface area (Å²) in [5.74, 6) is 0.722. The summed E-state index contributed by atoms with van der Waals surface area (Å²) in [7, 11) is 1.56. The van der Waals surface area contributed by atoms with Crippen molar-refractivity contribution in [1.29, 1.82) is 5.26 Å². The Balaban J connectivity index is 3.29. The molecule has 0 amide bonds. The van der Waals surface area contributed by atoms with Crippen LogP contribution in [-0.2, 0) is 0 Å². The van der Waals surface area contributed by atoms with E-state index in [9.17, 15) is 0 Å². The molecule has 1 atom stereocenters. The van der Waals surface area contributed by atoms with Crippen LogP contribution in [0.15, 0.2) is 18.2 Å². The van der Waals surface area contributed by atoms with Crippen molar-refractivity contribution in [1.82, 2.24) is 0 Å².